The Kier molecular flexibility index (Phi) is 28.8. The standard InChI is InChI=1S/C30H62NO5P/c1-5-7-8-9-10-11-12-13-14-15-16-17-18-20-24-34-27-29(26-30(32)22-6-2)28-36-37(33)35-25-21-19-23-31(3)4/h29,33H,5-28H2,1-4H3. The van der Waals surface area contributed by atoms with Gasteiger partial charge in [0.15, 0.2) is 0 Å². The lowest BCUT2D eigenvalue weighted by molar-refractivity contribution is -0.120. The highest BCUT2D eigenvalue weighted by Gasteiger charge is 2.17. The Balaban J connectivity index is 3.80. The van der Waals surface area contributed by atoms with Gasteiger partial charge in [0.2, 0.25) is 0 Å². The normalized spacial score (nSPS) is 13.4. The van der Waals surface area contributed by atoms with E-state index in [1.54, 1.807) is 0 Å². The van der Waals surface area contributed by atoms with Crippen molar-refractivity contribution in [2.75, 3.05) is 47.1 Å². The molecule has 0 aliphatic rings. The molecule has 0 aromatic carbocycles. The number of ketones is 1. The predicted molar refractivity (Wildman–Crippen MR) is 158 cm³/mol. The average Bonchev–Trinajstić information content (AvgIpc) is 2.86. The smallest absolute Gasteiger partial charge is 0.329 e. The fourth-order valence-corrected chi connectivity index (χ4v) is 5.09. The monoisotopic (exact) mass is 547 g/mol. The summed E-state index contributed by atoms with van der Waals surface area (Å²) in [5.41, 5.74) is 0. The zero-order valence-electron chi connectivity index (χ0n) is 25.0. The van der Waals surface area contributed by atoms with Gasteiger partial charge in [-0.15, -0.1) is 0 Å². The third-order valence-electron chi connectivity index (χ3n) is 6.66. The third kappa shape index (κ3) is 28.7. The number of nitrogens with zero attached hydrogens (tertiary/aromatic N) is 1. The van der Waals surface area contributed by atoms with Crippen molar-refractivity contribution in [3.63, 3.8) is 0 Å². The fraction of sp³-hybridized carbons (Fsp3) is 0.967. The summed E-state index contributed by atoms with van der Waals surface area (Å²) in [6.07, 6.45) is 22.6. The molecule has 222 valence electrons. The second kappa shape index (κ2) is 28.9. The van der Waals surface area contributed by atoms with Crippen LogP contribution in [-0.2, 0) is 18.6 Å². The highest BCUT2D eigenvalue weighted by Crippen LogP contribution is 2.34. The predicted octanol–water partition coefficient (Wildman–Crippen LogP) is 8.45. The molecule has 0 aromatic heterocycles. The molecule has 1 N–H and O–H groups in total. The van der Waals surface area contributed by atoms with Crippen molar-refractivity contribution < 1.29 is 23.5 Å². The number of hydrogen-bond donors (Lipinski definition) is 1. The minimum absolute atomic E-state index is 0.0276. The van der Waals surface area contributed by atoms with E-state index in [9.17, 15) is 9.69 Å². The number of unbranched alkanes of at least 4 members (excludes halogenated alkanes) is 14. The molecule has 0 amide bonds. The van der Waals surface area contributed by atoms with Crippen LogP contribution in [0.15, 0.2) is 0 Å². The SMILES string of the molecule is CCCCCCCCCCCCCCCCOCC(COP(O)OCCCCN(C)C)CC(=O)CCC. The van der Waals surface area contributed by atoms with E-state index in [-0.39, 0.29) is 11.7 Å². The molecule has 7 heteroatoms. The van der Waals surface area contributed by atoms with Gasteiger partial charge >= 0.3 is 8.60 Å². The van der Waals surface area contributed by atoms with Gasteiger partial charge in [-0.05, 0) is 46.3 Å². The molecule has 0 rings (SSSR count). The van der Waals surface area contributed by atoms with E-state index in [4.69, 9.17) is 13.8 Å². The van der Waals surface area contributed by atoms with E-state index < -0.39 is 8.60 Å². The summed E-state index contributed by atoms with van der Waals surface area (Å²) in [7, 11) is 2.19. The van der Waals surface area contributed by atoms with Gasteiger partial charge in [-0.2, -0.15) is 0 Å². The Hall–Kier alpha value is -0.100. The Labute approximate surface area is 231 Å². The molecule has 0 saturated heterocycles. The first-order valence-electron chi connectivity index (χ1n) is 15.5. The van der Waals surface area contributed by atoms with E-state index in [1.807, 2.05) is 21.0 Å². The van der Waals surface area contributed by atoms with Crippen LogP contribution in [0.2, 0.25) is 0 Å². The fourth-order valence-electron chi connectivity index (χ4n) is 4.40. The number of Topliss-reactive ketones (excluding diaryl/α,β-unsaturated/α-hetero) is 1. The first-order valence-corrected chi connectivity index (χ1v) is 16.6. The summed E-state index contributed by atoms with van der Waals surface area (Å²) in [5, 5.41) is 0. The highest BCUT2D eigenvalue weighted by molar-refractivity contribution is 7.40. The largest absolute Gasteiger partial charge is 0.381 e. The molecule has 0 saturated carbocycles. The van der Waals surface area contributed by atoms with Gasteiger partial charge in [-0.25, -0.2) is 0 Å². The Bertz CT molecular complexity index is 481. The molecule has 0 aliphatic heterocycles. The quantitative estimate of drug-likeness (QED) is 0.0719. The summed E-state index contributed by atoms with van der Waals surface area (Å²) >= 11 is 0. The topological polar surface area (TPSA) is 68.2 Å². The van der Waals surface area contributed by atoms with E-state index in [1.165, 1.54) is 83.5 Å². The molecule has 0 bridgehead atoms. The van der Waals surface area contributed by atoms with Gasteiger partial charge in [0.25, 0.3) is 0 Å². The molecule has 0 fully saturated rings. The molecule has 37 heavy (non-hydrogen) atoms. The highest BCUT2D eigenvalue weighted by atomic mass is 31.2. The third-order valence-corrected chi connectivity index (χ3v) is 7.44. The van der Waals surface area contributed by atoms with E-state index in [2.05, 4.69) is 11.8 Å². The van der Waals surface area contributed by atoms with E-state index in [0.717, 1.165) is 38.8 Å². The number of rotatable bonds is 30. The molecule has 0 aliphatic carbocycles. The summed E-state index contributed by atoms with van der Waals surface area (Å²) in [6, 6.07) is 0. The minimum atomic E-state index is -1.90. The Morgan fingerprint density at radius 2 is 1.24 bits per heavy atom. The number of carbonyl (C=O) groups is 1. The molecule has 6 nitrogen and oxygen atoms in total. The van der Waals surface area contributed by atoms with Crippen LogP contribution >= 0.6 is 8.60 Å². The second-order valence-corrected chi connectivity index (χ2v) is 11.9. The van der Waals surface area contributed by atoms with E-state index in [0.29, 0.717) is 32.7 Å². The van der Waals surface area contributed by atoms with Crippen molar-refractivity contribution in [1.29, 1.82) is 0 Å². The van der Waals surface area contributed by atoms with Crippen LogP contribution in [0.25, 0.3) is 0 Å². The van der Waals surface area contributed by atoms with Gasteiger partial charge in [0, 0.05) is 25.4 Å². The zero-order valence-corrected chi connectivity index (χ0v) is 25.9. The maximum atomic E-state index is 12.2. The van der Waals surface area contributed by atoms with Gasteiger partial charge in [-0.1, -0.05) is 97.3 Å². The molecular weight excluding hydrogens is 485 g/mol. The molecule has 2 atom stereocenters. The van der Waals surface area contributed by atoms with Crippen LogP contribution in [0.1, 0.15) is 136 Å². The van der Waals surface area contributed by atoms with Crippen LogP contribution in [0.3, 0.4) is 0 Å². The lowest BCUT2D eigenvalue weighted by atomic mass is 10.0. The molecule has 0 radical (unpaired) electrons. The maximum absolute atomic E-state index is 12.2. The van der Waals surface area contributed by atoms with Crippen molar-refractivity contribution in [3.8, 4) is 0 Å². The van der Waals surface area contributed by atoms with Gasteiger partial charge in [-0.3, -0.25) is 4.79 Å². The molecule has 0 heterocycles. The first-order chi connectivity index (χ1) is 18.0. The summed E-state index contributed by atoms with van der Waals surface area (Å²) in [4.78, 5) is 24.3. The lowest BCUT2D eigenvalue weighted by Crippen LogP contribution is -2.20. The number of ether oxygens (including phenoxy) is 1. The lowest BCUT2D eigenvalue weighted by Gasteiger charge is -2.18. The summed E-state index contributed by atoms with van der Waals surface area (Å²) in [6.45, 7) is 7.32. The van der Waals surface area contributed by atoms with Crippen LogP contribution < -0.4 is 0 Å². The summed E-state index contributed by atoms with van der Waals surface area (Å²) in [5.74, 6) is 0.211. The van der Waals surface area contributed by atoms with Gasteiger partial charge in [0.05, 0.1) is 19.8 Å². The molecule has 0 aromatic rings. The van der Waals surface area contributed by atoms with Gasteiger partial charge < -0.3 is 23.6 Å². The Morgan fingerprint density at radius 3 is 1.78 bits per heavy atom. The first kappa shape index (κ1) is 36.9. The van der Waals surface area contributed by atoms with Crippen molar-refractivity contribution in [2.24, 2.45) is 5.92 Å². The van der Waals surface area contributed by atoms with Crippen LogP contribution in [0.5, 0.6) is 0 Å². The van der Waals surface area contributed by atoms with Crippen molar-refractivity contribution in [1.82, 2.24) is 4.90 Å². The summed E-state index contributed by atoms with van der Waals surface area (Å²) < 4.78 is 16.9. The van der Waals surface area contributed by atoms with Crippen LogP contribution in [-0.4, -0.2) is 62.6 Å². The number of hydrogen-bond acceptors (Lipinski definition) is 6. The average molecular weight is 548 g/mol. The van der Waals surface area contributed by atoms with E-state index >= 15 is 0 Å². The molecular formula is C30H62NO5P. The molecule has 2 unspecified atom stereocenters. The molecule has 0 spiro atoms. The Morgan fingerprint density at radius 1 is 0.703 bits per heavy atom. The van der Waals surface area contributed by atoms with Crippen LogP contribution in [0.4, 0.5) is 0 Å². The van der Waals surface area contributed by atoms with Crippen molar-refractivity contribution in [2.45, 2.75) is 136 Å². The van der Waals surface area contributed by atoms with Crippen LogP contribution in [0, 0.1) is 5.92 Å². The van der Waals surface area contributed by atoms with Crippen molar-refractivity contribution in [3.05, 3.63) is 0 Å². The van der Waals surface area contributed by atoms with Gasteiger partial charge in [0.1, 0.15) is 5.78 Å². The van der Waals surface area contributed by atoms with Crippen molar-refractivity contribution >= 4 is 14.4 Å². The number of carbonyl (C=O) groups excluding carboxylic acids is 1. The minimum Gasteiger partial charge on any atom is -0.381 e. The maximum Gasteiger partial charge on any atom is 0.329 e. The zero-order chi connectivity index (χ0) is 27.4. The second-order valence-electron chi connectivity index (χ2n) is 10.9.